The van der Waals surface area contributed by atoms with Gasteiger partial charge >= 0.3 is 6.18 Å². The molecule has 1 heterocycles. The van der Waals surface area contributed by atoms with Crippen molar-refractivity contribution in [3.63, 3.8) is 0 Å². The number of alkyl halides is 3. The average molecular weight is 472 g/mol. The molecule has 1 aromatic heterocycles. The highest BCUT2D eigenvalue weighted by Crippen LogP contribution is 2.34. The lowest BCUT2D eigenvalue weighted by molar-refractivity contribution is -0.384. The van der Waals surface area contributed by atoms with Crippen LogP contribution in [-0.4, -0.2) is 31.3 Å². The highest BCUT2D eigenvalue weighted by Gasteiger charge is 2.31. The molecule has 0 aliphatic heterocycles. The minimum absolute atomic E-state index is 0.0297. The molecule has 0 unspecified atom stereocenters. The quantitative estimate of drug-likeness (QED) is 0.315. The molecule has 8 nitrogen and oxygen atoms in total. The third-order valence-electron chi connectivity index (χ3n) is 4.05. The lowest BCUT2D eigenvalue weighted by Crippen LogP contribution is -2.16. The topological polar surface area (TPSA) is 103 Å². The number of nitro groups is 1. The fourth-order valence-electron chi connectivity index (χ4n) is 2.56. The zero-order valence-electron chi connectivity index (χ0n) is 15.7. The highest BCUT2D eigenvalue weighted by atomic mass is 35.5. The third-order valence-corrected chi connectivity index (χ3v) is 5.40. The average Bonchev–Trinajstić information content (AvgIpc) is 3.07. The number of aromatic nitrogens is 3. The fraction of sp³-hybridized carbons (Fsp3) is 0.167. The molecule has 0 aliphatic carbocycles. The molecule has 1 N–H and O–H groups in total. The van der Waals surface area contributed by atoms with Crippen molar-refractivity contribution in [2.24, 2.45) is 7.05 Å². The van der Waals surface area contributed by atoms with Gasteiger partial charge in [0, 0.05) is 24.7 Å². The van der Waals surface area contributed by atoms with Crippen LogP contribution in [0.2, 0.25) is 5.02 Å². The van der Waals surface area contributed by atoms with Gasteiger partial charge in [0.2, 0.25) is 5.91 Å². The van der Waals surface area contributed by atoms with Crippen LogP contribution >= 0.6 is 23.4 Å². The molecule has 0 bridgehead atoms. The molecule has 31 heavy (non-hydrogen) atoms. The van der Waals surface area contributed by atoms with Crippen molar-refractivity contribution in [2.45, 2.75) is 11.3 Å². The van der Waals surface area contributed by atoms with Crippen molar-refractivity contribution in [1.82, 2.24) is 14.8 Å². The summed E-state index contributed by atoms with van der Waals surface area (Å²) in [5, 5.41) is 21.6. The van der Waals surface area contributed by atoms with Crippen LogP contribution in [0.5, 0.6) is 0 Å². The van der Waals surface area contributed by atoms with Gasteiger partial charge in [0.05, 0.1) is 26.9 Å². The molecule has 0 atom stereocenters. The van der Waals surface area contributed by atoms with Crippen LogP contribution in [0, 0.1) is 10.1 Å². The predicted octanol–water partition coefficient (Wildman–Crippen LogP) is 4.79. The lowest BCUT2D eigenvalue weighted by atomic mass is 10.2. The fourth-order valence-corrected chi connectivity index (χ4v) is 3.44. The van der Waals surface area contributed by atoms with Gasteiger partial charge in [-0.15, -0.1) is 10.2 Å². The Kier molecular flexibility index (Phi) is 6.51. The number of carbonyl (C=O) groups excluding carboxylic acids is 1. The van der Waals surface area contributed by atoms with Crippen molar-refractivity contribution in [1.29, 1.82) is 0 Å². The molecule has 0 saturated heterocycles. The van der Waals surface area contributed by atoms with Crippen molar-refractivity contribution in [2.75, 3.05) is 11.1 Å². The molecule has 0 saturated carbocycles. The Balaban J connectivity index is 1.70. The highest BCUT2D eigenvalue weighted by molar-refractivity contribution is 7.99. The van der Waals surface area contributed by atoms with Gasteiger partial charge in [0.1, 0.15) is 0 Å². The second kappa shape index (κ2) is 8.94. The maximum Gasteiger partial charge on any atom is 0.416 e. The number of hydrogen-bond donors (Lipinski definition) is 1. The number of hydrogen-bond acceptors (Lipinski definition) is 6. The smallest absolute Gasteiger partial charge is 0.324 e. The summed E-state index contributed by atoms with van der Waals surface area (Å²) in [6, 6.07) is 8.48. The molecule has 13 heteroatoms. The molecule has 0 spiro atoms. The van der Waals surface area contributed by atoms with Gasteiger partial charge in [-0.25, -0.2) is 0 Å². The predicted molar refractivity (Wildman–Crippen MR) is 109 cm³/mol. The van der Waals surface area contributed by atoms with Crippen LogP contribution in [-0.2, 0) is 18.0 Å². The third kappa shape index (κ3) is 5.33. The number of halogens is 4. The van der Waals surface area contributed by atoms with E-state index in [9.17, 15) is 28.1 Å². The van der Waals surface area contributed by atoms with E-state index in [1.54, 1.807) is 17.7 Å². The van der Waals surface area contributed by atoms with Gasteiger partial charge in [-0.3, -0.25) is 14.9 Å². The first-order valence-corrected chi connectivity index (χ1v) is 9.86. The summed E-state index contributed by atoms with van der Waals surface area (Å²) in [4.78, 5) is 22.6. The first-order valence-electron chi connectivity index (χ1n) is 8.50. The number of anilines is 1. The summed E-state index contributed by atoms with van der Waals surface area (Å²) in [5.41, 5.74) is -0.726. The zero-order chi connectivity index (χ0) is 22.8. The minimum atomic E-state index is -4.57. The van der Waals surface area contributed by atoms with E-state index in [-0.39, 0.29) is 22.2 Å². The maximum atomic E-state index is 12.8. The van der Waals surface area contributed by atoms with E-state index in [0.29, 0.717) is 16.5 Å². The van der Waals surface area contributed by atoms with E-state index >= 15 is 0 Å². The van der Waals surface area contributed by atoms with E-state index < -0.39 is 22.6 Å². The van der Waals surface area contributed by atoms with Gasteiger partial charge in [0.25, 0.3) is 5.69 Å². The standard InChI is InChI=1S/C18H13ClF3N5O3S/c1-26-16(10-3-2-4-12(7-10)27(29)30)24-25-17(26)31-9-15(28)23-14-8-11(18(20,21)22)5-6-13(14)19/h2-8H,9H2,1H3,(H,23,28). The Morgan fingerprint density at radius 1 is 1.26 bits per heavy atom. The van der Waals surface area contributed by atoms with Crippen LogP contribution in [0.1, 0.15) is 5.56 Å². The number of non-ortho nitro benzene ring substituents is 1. The number of thioether (sulfide) groups is 1. The number of nitrogens with zero attached hydrogens (tertiary/aromatic N) is 4. The maximum absolute atomic E-state index is 12.8. The number of nitrogens with one attached hydrogen (secondary N) is 1. The van der Waals surface area contributed by atoms with E-state index in [1.165, 1.54) is 18.2 Å². The molecular formula is C18H13ClF3N5O3S. The summed E-state index contributed by atoms with van der Waals surface area (Å²) in [7, 11) is 1.62. The van der Waals surface area contributed by atoms with Gasteiger partial charge < -0.3 is 9.88 Å². The largest absolute Gasteiger partial charge is 0.416 e. The summed E-state index contributed by atoms with van der Waals surface area (Å²) < 4.78 is 40.1. The first-order chi connectivity index (χ1) is 14.6. The van der Waals surface area contributed by atoms with E-state index in [0.717, 1.165) is 30.0 Å². The Bertz CT molecular complexity index is 1150. The normalized spacial score (nSPS) is 11.4. The van der Waals surface area contributed by atoms with E-state index in [2.05, 4.69) is 15.5 Å². The van der Waals surface area contributed by atoms with Crippen molar-refractivity contribution in [3.05, 3.63) is 63.2 Å². The molecule has 2 aromatic carbocycles. The minimum Gasteiger partial charge on any atom is -0.324 e. The Morgan fingerprint density at radius 2 is 2.00 bits per heavy atom. The Hall–Kier alpha value is -3.12. The number of nitro benzene ring substituents is 1. The first kappa shape index (κ1) is 22.6. The summed E-state index contributed by atoms with van der Waals surface area (Å²) in [6.45, 7) is 0. The molecule has 0 fully saturated rings. The van der Waals surface area contributed by atoms with Gasteiger partial charge in [-0.05, 0) is 18.2 Å². The van der Waals surface area contributed by atoms with Gasteiger partial charge in [0.15, 0.2) is 11.0 Å². The van der Waals surface area contributed by atoms with Crippen LogP contribution < -0.4 is 5.32 Å². The second-order valence-electron chi connectivity index (χ2n) is 6.20. The van der Waals surface area contributed by atoms with Gasteiger partial charge in [-0.1, -0.05) is 35.5 Å². The van der Waals surface area contributed by atoms with E-state index in [1.807, 2.05) is 0 Å². The summed E-state index contributed by atoms with van der Waals surface area (Å²) >= 11 is 6.87. The van der Waals surface area contributed by atoms with Gasteiger partial charge in [-0.2, -0.15) is 13.2 Å². The molecule has 0 radical (unpaired) electrons. The number of benzene rings is 2. The SMILES string of the molecule is Cn1c(SCC(=O)Nc2cc(C(F)(F)F)ccc2Cl)nnc1-c1cccc([N+](=O)[O-])c1. The summed E-state index contributed by atoms with van der Waals surface area (Å²) in [5.74, 6) is -0.410. The molecule has 3 rings (SSSR count). The van der Waals surface area contributed by atoms with Crippen LogP contribution in [0.25, 0.3) is 11.4 Å². The van der Waals surface area contributed by atoms with Crippen LogP contribution in [0.15, 0.2) is 47.6 Å². The molecular weight excluding hydrogens is 459 g/mol. The van der Waals surface area contributed by atoms with Crippen LogP contribution in [0.3, 0.4) is 0 Å². The second-order valence-corrected chi connectivity index (χ2v) is 7.55. The van der Waals surface area contributed by atoms with Crippen LogP contribution in [0.4, 0.5) is 24.5 Å². The van der Waals surface area contributed by atoms with Crippen molar-refractivity contribution >= 4 is 40.6 Å². The summed E-state index contributed by atoms with van der Waals surface area (Å²) in [6.07, 6.45) is -4.57. The molecule has 162 valence electrons. The number of rotatable bonds is 6. The van der Waals surface area contributed by atoms with Crippen molar-refractivity contribution in [3.8, 4) is 11.4 Å². The van der Waals surface area contributed by atoms with E-state index in [4.69, 9.17) is 11.6 Å². The Labute approximate surface area is 182 Å². The number of carbonyl (C=O) groups is 1. The monoisotopic (exact) mass is 471 g/mol. The zero-order valence-corrected chi connectivity index (χ0v) is 17.3. The number of amides is 1. The van der Waals surface area contributed by atoms with Crippen molar-refractivity contribution < 1.29 is 22.9 Å². The lowest BCUT2D eigenvalue weighted by Gasteiger charge is -2.11. The molecule has 1 amide bonds. The molecule has 0 aliphatic rings. The Morgan fingerprint density at radius 3 is 2.68 bits per heavy atom. The molecule has 3 aromatic rings.